The molecule has 1 fully saturated rings. The van der Waals surface area contributed by atoms with Gasteiger partial charge in [-0.2, -0.15) is 0 Å². The normalized spacial score (nSPS) is 16.4. The summed E-state index contributed by atoms with van der Waals surface area (Å²) in [6.07, 6.45) is 2.30. The number of halogens is 1. The van der Waals surface area contributed by atoms with Gasteiger partial charge >= 0.3 is 0 Å². The zero-order valence-corrected chi connectivity index (χ0v) is 15.4. The first kappa shape index (κ1) is 18.4. The van der Waals surface area contributed by atoms with Crippen molar-refractivity contribution in [1.29, 1.82) is 0 Å². The molecule has 2 aromatic carbocycles. The highest BCUT2D eigenvalue weighted by Gasteiger charge is 2.15. The summed E-state index contributed by atoms with van der Waals surface area (Å²) < 4.78 is 1.71. The van der Waals surface area contributed by atoms with E-state index < -0.39 is 0 Å². The third-order valence-electron chi connectivity index (χ3n) is 4.77. The summed E-state index contributed by atoms with van der Waals surface area (Å²) in [5.41, 5.74) is 4.36. The largest absolute Gasteiger partial charge is 0.322 e. The van der Waals surface area contributed by atoms with Crippen molar-refractivity contribution in [2.45, 2.75) is 12.8 Å². The first-order valence-electron chi connectivity index (χ1n) is 8.59. The Morgan fingerprint density at radius 2 is 2.08 bits per heavy atom. The van der Waals surface area contributed by atoms with Crippen molar-refractivity contribution in [2.24, 2.45) is 13.0 Å². The van der Waals surface area contributed by atoms with E-state index in [1.165, 1.54) is 12.0 Å². The van der Waals surface area contributed by atoms with Crippen LogP contribution in [0, 0.1) is 5.92 Å². The number of aryl methyl sites for hydroxylation is 1. The standard InChI is InChI=1S/C19H21N5O.ClH/c1-24-18-7-6-16(11-17(18)22-23-24)21-19(25)15-4-2-13(3-5-15)10-14-8-9-20-12-14;/h2-7,11,14,20H,8-10,12H2,1H3,(H,21,25);1H. The average molecular weight is 372 g/mol. The van der Waals surface area contributed by atoms with Gasteiger partial charge in [0.05, 0.1) is 5.52 Å². The lowest BCUT2D eigenvalue weighted by Crippen LogP contribution is -2.12. The molecule has 1 aliphatic heterocycles. The van der Waals surface area contributed by atoms with Crippen LogP contribution in [0.3, 0.4) is 0 Å². The van der Waals surface area contributed by atoms with Gasteiger partial charge in [-0.05, 0) is 67.7 Å². The van der Waals surface area contributed by atoms with E-state index in [0.717, 1.165) is 36.2 Å². The van der Waals surface area contributed by atoms with Crippen LogP contribution < -0.4 is 10.6 Å². The molecule has 1 unspecified atom stereocenters. The van der Waals surface area contributed by atoms with Crippen LogP contribution in [0.5, 0.6) is 0 Å². The molecule has 1 saturated heterocycles. The average Bonchev–Trinajstić information content (AvgIpc) is 3.25. The summed E-state index contributed by atoms with van der Waals surface area (Å²) in [7, 11) is 1.84. The van der Waals surface area contributed by atoms with Gasteiger partial charge in [-0.3, -0.25) is 4.79 Å². The molecule has 136 valence electrons. The number of aromatic nitrogens is 3. The monoisotopic (exact) mass is 371 g/mol. The molecule has 1 amide bonds. The fraction of sp³-hybridized carbons (Fsp3) is 0.316. The van der Waals surface area contributed by atoms with Crippen LogP contribution in [-0.2, 0) is 13.5 Å². The summed E-state index contributed by atoms with van der Waals surface area (Å²) in [6, 6.07) is 13.5. The minimum atomic E-state index is -0.114. The summed E-state index contributed by atoms with van der Waals surface area (Å²) in [5.74, 6) is 0.593. The highest BCUT2D eigenvalue weighted by atomic mass is 35.5. The fourth-order valence-electron chi connectivity index (χ4n) is 3.34. The Morgan fingerprint density at radius 3 is 2.81 bits per heavy atom. The first-order valence-corrected chi connectivity index (χ1v) is 8.59. The van der Waals surface area contributed by atoms with Crippen molar-refractivity contribution < 1.29 is 4.79 Å². The minimum Gasteiger partial charge on any atom is -0.322 e. The second-order valence-corrected chi connectivity index (χ2v) is 6.63. The van der Waals surface area contributed by atoms with E-state index in [9.17, 15) is 4.79 Å². The van der Waals surface area contributed by atoms with Crippen LogP contribution in [0.25, 0.3) is 11.0 Å². The Labute approximate surface area is 158 Å². The van der Waals surface area contributed by atoms with Gasteiger partial charge in [-0.15, -0.1) is 17.5 Å². The van der Waals surface area contributed by atoms with Crippen LogP contribution in [0.4, 0.5) is 5.69 Å². The summed E-state index contributed by atoms with van der Waals surface area (Å²) in [6.45, 7) is 2.20. The molecule has 0 spiro atoms. The number of nitrogens with zero attached hydrogens (tertiary/aromatic N) is 3. The van der Waals surface area contributed by atoms with E-state index in [4.69, 9.17) is 0 Å². The second-order valence-electron chi connectivity index (χ2n) is 6.63. The van der Waals surface area contributed by atoms with Crippen molar-refractivity contribution in [3.8, 4) is 0 Å². The Morgan fingerprint density at radius 1 is 1.27 bits per heavy atom. The van der Waals surface area contributed by atoms with E-state index in [-0.39, 0.29) is 18.3 Å². The van der Waals surface area contributed by atoms with Gasteiger partial charge in [0.15, 0.2) is 0 Å². The molecule has 2 heterocycles. The smallest absolute Gasteiger partial charge is 0.255 e. The number of nitrogens with one attached hydrogen (secondary N) is 2. The van der Waals surface area contributed by atoms with E-state index in [0.29, 0.717) is 11.5 Å². The molecular weight excluding hydrogens is 350 g/mol. The van der Waals surface area contributed by atoms with Crippen LogP contribution in [0.2, 0.25) is 0 Å². The number of amides is 1. The SMILES string of the molecule is Cl.Cn1nnc2cc(NC(=O)c3ccc(CC4CCNC4)cc3)ccc21. The zero-order valence-electron chi connectivity index (χ0n) is 14.6. The number of rotatable bonds is 4. The zero-order chi connectivity index (χ0) is 17.2. The van der Waals surface area contributed by atoms with Gasteiger partial charge in [-0.25, -0.2) is 4.68 Å². The fourth-order valence-corrected chi connectivity index (χ4v) is 3.34. The lowest BCUT2D eigenvalue weighted by atomic mass is 9.98. The Hall–Kier alpha value is -2.44. The van der Waals surface area contributed by atoms with E-state index in [2.05, 4.69) is 33.1 Å². The quantitative estimate of drug-likeness (QED) is 0.739. The number of benzene rings is 2. The number of hydrogen-bond donors (Lipinski definition) is 2. The second kappa shape index (κ2) is 7.85. The number of fused-ring (bicyclic) bond motifs is 1. The van der Waals surface area contributed by atoms with Gasteiger partial charge in [0.2, 0.25) is 0 Å². The molecule has 2 N–H and O–H groups in total. The summed E-state index contributed by atoms with van der Waals surface area (Å²) in [4.78, 5) is 12.4. The predicted molar refractivity (Wildman–Crippen MR) is 105 cm³/mol. The van der Waals surface area contributed by atoms with Crippen molar-refractivity contribution >= 4 is 35.0 Å². The van der Waals surface area contributed by atoms with E-state index in [1.807, 2.05) is 37.4 Å². The first-order chi connectivity index (χ1) is 12.2. The molecule has 6 nitrogen and oxygen atoms in total. The molecule has 1 aromatic heterocycles. The van der Waals surface area contributed by atoms with Crippen molar-refractivity contribution in [2.75, 3.05) is 18.4 Å². The Balaban J connectivity index is 0.00000196. The van der Waals surface area contributed by atoms with E-state index in [1.54, 1.807) is 4.68 Å². The van der Waals surface area contributed by atoms with Gasteiger partial charge in [0.25, 0.3) is 5.91 Å². The van der Waals surface area contributed by atoms with E-state index >= 15 is 0 Å². The number of anilines is 1. The van der Waals surface area contributed by atoms with Gasteiger partial charge in [0, 0.05) is 18.3 Å². The highest BCUT2D eigenvalue weighted by molar-refractivity contribution is 6.04. The third kappa shape index (κ3) is 3.86. The number of carbonyl (C=O) groups is 1. The maximum Gasteiger partial charge on any atom is 0.255 e. The molecule has 1 aliphatic rings. The number of hydrogen-bond acceptors (Lipinski definition) is 4. The molecule has 4 rings (SSSR count). The van der Waals surface area contributed by atoms with Gasteiger partial charge < -0.3 is 10.6 Å². The minimum absolute atomic E-state index is 0. The summed E-state index contributed by atoms with van der Waals surface area (Å²) >= 11 is 0. The number of carbonyl (C=O) groups excluding carboxylic acids is 1. The summed E-state index contributed by atoms with van der Waals surface area (Å²) in [5, 5.41) is 14.4. The molecule has 0 saturated carbocycles. The van der Waals surface area contributed by atoms with Crippen LogP contribution in [0.15, 0.2) is 42.5 Å². The maximum atomic E-state index is 12.4. The van der Waals surface area contributed by atoms with Crippen LogP contribution in [0.1, 0.15) is 22.3 Å². The highest BCUT2D eigenvalue weighted by Crippen LogP contribution is 2.18. The van der Waals surface area contributed by atoms with Crippen molar-refractivity contribution in [1.82, 2.24) is 20.3 Å². The van der Waals surface area contributed by atoms with Gasteiger partial charge in [0.1, 0.15) is 5.52 Å². The Kier molecular flexibility index (Phi) is 5.54. The molecule has 0 radical (unpaired) electrons. The van der Waals surface area contributed by atoms with Crippen molar-refractivity contribution in [3.05, 3.63) is 53.6 Å². The predicted octanol–water partition coefficient (Wildman–Crippen LogP) is 2.79. The lowest BCUT2D eigenvalue weighted by Gasteiger charge is -2.09. The lowest BCUT2D eigenvalue weighted by molar-refractivity contribution is 0.102. The molecular formula is C19H22ClN5O. The molecule has 3 aromatic rings. The maximum absolute atomic E-state index is 12.4. The molecule has 1 atom stereocenters. The molecule has 26 heavy (non-hydrogen) atoms. The molecule has 0 aliphatic carbocycles. The van der Waals surface area contributed by atoms with Crippen LogP contribution in [-0.4, -0.2) is 34.0 Å². The third-order valence-corrected chi connectivity index (χ3v) is 4.77. The molecule has 0 bridgehead atoms. The topological polar surface area (TPSA) is 71.8 Å². The van der Waals surface area contributed by atoms with Crippen LogP contribution >= 0.6 is 12.4 Å². The Bertz CT molecular complexity index is 900. The molecule has 7 heteroatoms. The van der Waals surface area contributed by atoms with Crippen molar-refractivity contribution in [3.63, 3.8) is 0 Å². The van der Waals surface area contributed by atoms with Gasteiger partial charge in [-0.1, -0.05) is 17.3 Å².